The van der Waals surface area contributed by atoms with Crippen LogP contribution in [0.4, 0.5) is 8.78 Å². The summed E-state index contributed by atoms with van der Waals surface area (Å²) in [5.41, 5.74) is 0.398. The molecule has 1 amide bonds. The number of nitrogens with zero attached hydrogens (tertiary/aromatic N) is 3. The maximum atomic E-state index is 14.1. The molecule has 1 fully saturated rings. The number of hydrogen-bond donors (Lipinski definition) is 0. The number of amides is 1. The third-order valence-electron chi connectivity index (χ3n) is 4.27. The highest BCUT2D eigenvalue weighted by atomic mass is 19.1. The van der Waals surface area contributed by atoms with Gasteiger partial charge in [-0.1, -0.05) is 0 Å². The zero-order valence-corrected chi connectivity index (χ0v) is 13.2. The molecule has 1 aliphatic heterocycles. The van der Waals surface area contributed by atoms with Gasteiger partial charge in [-0.25, -0.2) is 18.7 Å². The Hall–Kier alpha value is -2.57. The molecule has 2 heterocycles. The van der Waals surface area contributed by atoms with Crippen LogP contribution in [-0.4, -0.2) is 41.0 Å². The van der Waals surface area contributed by atoms with Gasteiger partial charge in [0.05, 0.1) is 7.11 Å². The van der Waals surface area contributed by atoms with Gasteiger partial charge < -0.3 is 9.64 Å². The minimum Gasteiger partial charge on any atom is -0.497 e. The zero-order chi connectivity index (χ0) is 17.1. The number of aromatic nitrogens is 2. The van der Waals surface area contributed by atoms with Crippen LogP contribution in [0.25, 0.3) is 0 Å². The first-order valence-corrected chi connectivity index (χ1v) is 7.68. The van der Waals surface area contributed by atoms with Gasteiger partial charge in [-0.05, 0) is 18.9 Å². The standard InChI is InChI=1S/C17H17F2N3O2/c1-24-12-8-13(18)16(14(19)9-12)17(23)22-6-3-11(4-7-22)15-2-5-20-10-21-15/h2,5,8-11H,3-4,6-7H2,1H3. The van der Waals surface area contributed by atoms with E-state index in [0.717, 1.165) is 17.8 Å². The minimum atomic E-state index is -0.908. The molecule has 0 aliphatic carbocycles. The van der Waals surface area contributed by atoms with Gasteiger partial charge in [0.15, 0.2) is 0 Å². The van der Waals surface area contributed by atoms with Crippen molar-refractivity contribution < 1.29 is 18.3 Å². The molecule has 0 saturated carbocycles. The first-order chi connectivity index (χ1) is 11.6. The van der Waals surface area contributed by atoms with Crippen LogP contribution in [0.2, 0.25) is 0 Å². The molecule has 0 spiro atoms. The van der Waals surface area contributed by atoms with E-state index in [9.17, 15) is 13.6 Å². The summed E-state index contributed by atoms with van der Waals surface area (Å²) in [4.78, 5) is 22.1. The zero-order valence-electron chi connectivity index (χ0n) is 13.2. The van der Waals surface area contributed by atoms with Gasteiger partial charge in [0.1, 0.15) is 29.3 Å². The van der Waals surface area contributed by atoms with Gasteiger partial charge in [-0.15, -0.1) is 0 Å². The number of carbonyl (C=O) groups is 1. The predicted molar refractivity (Wildman–Crippen MR) is 82.8 cm³/mol. The first-order valence-electron chi connectivity index (χ1n) is 7.68. The Bertz CT molecular complexity index is 709. The second-order valence-corrected chi connectivity index (χ2v) is 5.67. The molecule has 126 valence electrons. The summed E-state index contributed by atoms with van der Waals surface area (Å²) in [5.74, 6) is -2.18. The van der Waals surface area contributed by atoms with Crippen molar-refractivity contribution in [2.24, 2.45) is 0 Å². The van der Waals surface area contributed by atoms with Crippen molar-refractivity contribution in [1.29, 1.82) is 0 Å². The van der Waals surface area contributed by atoms with Gasteiger partial charge in [0, 0.05) is 43.0 Å². The molecular weight excluding hydrogens is 316 g/mol. The van der Waals surface area contributed by atoms with Crippen molar-refractivity contribution >= 4 is 5.91 Å². The average molecular weight is 333 g/mol. The summed E-state index contributed by atoms with van der Waals surface area (Å²) in [5, 5.41) is 0. The number of methoxy groups -OCH3 is 1. The van der Waals surface area contributed by atoms with Crippen LogP contribution in [0.5, 0.6) is 5.75 Å². The van der Waals surface area contributed by atoms with E-state index in [-0.39, 0.29) is 11.7 Å². The van der Waals surface area contributed by atoms with Crippen LogP contribution in [-0.2, 0) is 0 Å². The lowest BCUT2D eigenvalue weighted by Crippen LogP contribution is -2.38. The largest absolute Gasteiger partial charge is 0.497 e. The van der Waals surface area contributed by atoms with Gasteiger partial charge in [-0.3, -0.25) is 4.79 Å². The predicted octanol–water partition coefficient (Wildman–Crippen LogP) is 2.78. The van der Waals surface area contributed by atoms with Crippen molar-refractivity contribution in [2.75, 3.05) is 20.2 Å². The number of hydrogen-bond acceptors (Lipinski definition) is 4. The van der Waals surface area contributed by atoms with E-state index in [1.807, 2.05) is 6.07 Å². The van der Waals surface area contributed by atoms with Crippen LogP contribution < -0.4 is 4.74 Å². The van der Waals surface area contributed by atoms with Gasteiger partial charge in [-0.2, -0.15) is 0 Å². The van der Waals surface area contributed by atoms with E-state index < -0.39 is 23.1 Å². The fourth-order valence-electron chi connectivity index (χ4n) is 2.95. The lowest BCUT2D eigenvalue weighted by Gasteiger charge is -2.31. The van der Waals surface area contributed by atoms with Crippen LogP contribution in [0.1, 0.15) is 34.8 Å². The molecule has 0 bridgehead atoms. The lowest BCUT2D eigenvalue weighted by molar-refractivity contribution is 0.0702. The van der Waals surface area contributed by atoms with Crippen molar-refractivity contribution in [3.8, 4) is 5.75 Å². The quantitative estimate of drug-likeness (QED) is 0.867. The Morgan fingerprint density at radius 1 is 1.25 bits per heavy atom. The molecule has 3 rings (SSSR count). The van der Waals surface area contributed by atoms with Crippen LogP contribution in [0.3, 0.4) is 0 Å². The number of ether oxygens (including phenoxy) is 1. The number of halogens is 2. The van der Waals surface area contributed by atoms with Gasteiger partial charge >= 0.3 is 0 Å². The van der Waals surface area contributed by atoms with Crippen LogP contribution in [0, 0.1) is 11.6 Å². The number of piperidine rings is 1. The van der Waals surface area contributed by atoms with Crippen LogP contribution in [0.15, 0.2) is 30.7 Å². The summed E-state index contributed by atoms with van der Waals surface area (Å²) in [6.45, 7) is 0.858. The van der Waals surface area contributed by atoms with Crippen LogP contribution >= 0.6 is 0 Å². The summed E-state index contributed by atoms with van der Waals surface area (Å²) in [6, 6.07) is 3.89. The molecule has 0 unspecified atom stereocenters. The maximum absolute atomic E-state index is 14.1. The first kappa shape index (κ1) is 16.3. The monoisotopic (exact) mass is 333 g/mol. The second-order valence-electron chi connectivity index (χ2n) is 5.67. The molecule has 7 heteroatoms. The molecule has 24 heavy (non-hydrogen) atoms. The number of carbonyl (C=O) groups excluding carboxylic acids is 1. The lowest BCUT2D eigenvalue weighted by atomic mass is 9.93. The summed E-state index contributed by atoms with van der Waals surface area (Å²) >= 11 is 0. The third kappa shape index (κ3) is 3.20. The second kappa shape index (κ2) is 6.90. The third-order valence-corrected chi connectivity index (χ3v) is 4.27. The number of benzene rings is 1. The molecule has 5 nitrogen and oxygen atoms in total. The Kier molecular flexibility index (Phi) is 4.69. The number of rotatable bonds is 3. The highest BCUT2D eigenvalue weighted by Gasteiger charge is 2.29. The van der Waals surface area contributed by atoms with E-state index in [1.165, 1.54) is 18.3 Å². The van der Waals surface area contributed by atoms with Crippen molar-refractivity contribution in [3.63, 3.8) is 0 Å². The topological polar surface area (TPSA) is 55.3 Å². The van der Waals surface area contributed by atoms with E-state index in [0.29, 0.717) is 25.9 Å². The Balaban J connectivity index is 1.72. The molecule has 1 saturated heterocycles. The summed E-state index contributed by atoms with van der Waals surface area (Å²) in [7, 11) is 1.31. The summed E-state index contributed by atoms with van der Waals surface area (Å²) < 4.78 is 32.9. The normalized spacial score (nSPS) is 15.4. The van der Waals surface area contributed by atoms with E-state index in [4.69, 9.17) is 4.74 Å². The Morgan fingerprint density at radius 2 is 1.92 bits per heavy atom. The van der Waals surface area contributed by atoms with E-state index in [2.05, 4.69) is 9.97 Å². The number of likely N-dealkylation sites (tertiary alicyclic amines) is 1. The Labute approximate surface area is 138 Å². The fraction of sp³-hybridized carbons (Fsp3) is 0.353. The molecular formula is C17H17F2N3O2. The molecule has 1 aromatic carbocycles. The average Bonchev–Trinajstić information content (AvgIpc) is 2.61. The Morgan fingerprint density at radius 3 is 2.46 bits per heavy atom. The van der Waals surface area contributed by atoms with Gasteiger partial charge in [0.25, 0.3) is 5.91 Å². The van der Waals surface area contributed by atoms with Crippen molar-refractivity contribution in [2.45, 2.75) is 18.8 Å². The molecule has 0 radical (unpaired) electrons. The SMILES string of the molecule is COc1cc(F)c(C(=O)N2CCC(c3ccncn3)CC2)c(F)c1. The van der Waals surface area contributed by atoms with Crippen molar-refractivity contribution in [1.82, 2.24) is 14.9 Å². The summed E-state index contributed by atoms with van der Waals surface area (Å²) in [6.07, 6.45) is 4.57. The van der Waals surface area contributed by atoms with Gasteiger partial charge in [0.2, 0.25) is 0 Å². The molecule has 1 aromatic heterocycles. The van der Waals surface area contributed by atoms with Crippen molar-refractivity contribution in [3.05, 3.63) is 53.6 Å². The smallest absolute Gasteiger partial charge is 0.259 e. The van der Waals surface area contributed by atoms with E-state index >= 15 is 0 Å². The molecule has 0 N–H and O–H groups in total. The highest BCUT2D eigenvalue weighted by molar-refractivity contribution is 5.95. The molecule has 2 aromatic rings. The highest BCUT2D eigenvalue weighted by Crippen LogP contribution is 2.28. The minimum absolute atomic E-state index is 0.0454. The maximum Gasteiger partial charge on any atom is 0.259 e. The fourth-order valence-corrected chi connectivity index (χ4v) is 2.95. The van der Waals surface area contributed by atoms with E-state index in [1.54, 1.807) is 6.20 Å². The molecule has 1 aliphatic rings. The molecule has 0 atom stereocenters.